The summed E-state index contributed by atoms with van der Waals surface area (Å²) in [5.74, 6) is 1.86. The van der Waals surface area contributed by atoms with Crippen molar-refractivity contribution in [3.05, 3.63) is 22.8 Å². The van der Waals surface area contributed by atoms with Crippen LogP contribution >= 0.6 is 0 Å². The van der Waals surface area contributed by atoms with Crippen LogP contribution in [0.2, 0.25) is 0 Å². The van der Waals surface area contributed by atoms with Crippen LogP contribution in [0.3, 0.4) is 0 Å². The van der Waals surface area contributed by atoms with Crippen LogP contribution in [-0.4, -0.2) is 27.6 Å². The van der Waals surface area contributed by atoms with Gasteiger partial charge in [-0.15, -0.1) is 0 Å². The molecule has 0 saturated carbocycles. The molecule has 0 amide bonds. The van der Waals surface area contributed by atoms with Crippen LogP contribution in [0.4, 0.5) is 0 Å². The highest BCUT2D eigenvalue weighted by atomic mass is 16.5. The Bertz CT molecular complexity index is 570. The highest BCUT2D eigenvalue weighted by molar-refractivity contribution is 5.86. The van der Waals surface area contributed by atoms with Gasteiger partial charge in [-0.25, -0.2) is 0 Å². The van der Waals surface area contributed by atoms with Gasteiger partial charge in [0.2, 0.25) is 5.75 Å². The Kier molecular flexibility index (Phi) is 3.75. The summed E-state index contributed by atoms with van der Waals surface area (Å²) < 4.78 is 16.3. The summed E-state index contributed by atoms with van der Waals surface area (Å²) >= 11 is 0. The third-order valence-corrected chi connectivity index (χ3v) is 3.68. The van der Waals surface area contributed by atoms with Crippen LogP contribution in [0.25, 0.3) is 6.08 Å². The quantitative estimate of drug-likeness (QED) is 0.793. The summed E-state index contributed by atoms with van der Waals surface area (Å²) in [4.78, 5) is 11.1. The Morgan fingerprint density at radius 1 is 1.10 bits per heavy atom. The minimum atomic E-state index is -0.203. The number of hydrogen-bond donors (Lipinski definition) is 0. The molecular weight excluding hydrogens is 256 g/mol. The van der Waals surface area contributed by atoms with E-state index in [1.54, 1.807) is 21.3 Å². The minimum absolute atomic E-state index is 0.203. The van der Waals surface area contributed by atoms with Gasteiger partial charge in [0.25, 0.3) is 0 Å². The van der Waals surface area contributed by atoms with Crippen LogP contribution in [0.15, 0.2) is 11.6 Å². The Hall–Kier alpha value is -1.97. The molecule has 0 radical (unpaired) electrons. The SMILES string of the molecule is COc1cc2c(c(OC)c1OC)C(C)(C)CC(C=O)=C2. The lowest BCUT2D eigenvalue weighted by molar-refractivity contribution is -0.105. The standard InChI is InChI=1S/C16H20O4/c1-16(2)8-10(9-17)6-11-7-12(18-3)14(19-4)15(20-5)13(11)16/h6-7,9H,8H2,1-5H3. The van der Waals surface area contributed by atoms with Gasteiger partial charge in [0.05, 0.1) is 21.3 Å². The van der Waals surface area contributed by atoms with Crippen molar-refractivity contribution in [3.63, 3.8) is 0 Å². The number of benzene rings is 1. The second kappa shape index (κ2) is 5.19. The Morgan fingerprint density at radius 2 is 1.75 bits per heavy atom. The average Bonchev–Trinajstić information content (AvgIpc) is 2.43. The third-order valence-electron chi connectivity index (χ3n) is 3.68. The van der Waals surface area contributed by atoms with E-state index in [9.17, 15) is 4.79 Å². The molecule has 1 aromatic carbocycles. The summed E-state index contributed by atoms with van der Waals surface area (Å²) in [7, 11) is 4.80. The number of carbonyl (C=O) groups excluding carboxylic acids is 1. The fourth-order valence-electron chi connectivity index (χ4n) is 2.91. The lowest BCUT2D eigenvalue weighted by atomic mass is 9.72. The zero-order valence-electron chi connectivity index (χ0n) is 12.6. The van der Waals surface area contributed by atoms with E-state index in [4.69, 9.17) is 14.2 Å². The predicted octanol–water partition coefficient (Wildman–Crippen LogP) is 2.98. The monoisotopic (exact) mass is 276 g/mol. The van der Waals surface area contributed by atoms with Crippen LogP contribution in [-0.2, 0) is 10.2 Å². The van der Waals surface area contributed by atoms with Crippen molar-refractivity contribution in [2.24, 2.45) is 0 Å². The van der Waals surface area contributed by atoms with Crippen LogP contribution in [0, 0.1) is 0 Å². The molecule has 4 nitrogen and oxygen atoms in total. The highest BCUT2D eigenvalue weighted by Gasteiger charge is 2.34. The Labute approximate surface area is 119 Å². The first-order chi connectivity index (χ1) is 9.48. The summed E-state index contributed by atoms with van der Waals surface area (Å²) in [6.45, 7) is 4.19. The van der Waals surface area contributed by atoms with E-state index < -0.39 is 0 Å². The van der Waals surface area contributed by atoms with Crippen molar-refractivity contribution in [1.29, 1.82) is 0 Å². The average molecular weight is 276 g/mol. The van der Waals surface area contributed by atoms with Gasteiger partial charge in [0.15, 0.2) is 11.5 Å². The molecule has 0 bridgehead atoms. The molecule has 0 spiro atoms. The zero-order chi connectivity index (χ0) is 14.9. The van der Waals surface area contributed by atoms with Crippen molar-refractivity contribution >= 4 is 12.4 Å². The van der Waals surface area contributed by atoms with E-state index in [0.29, 0.717) is 23.7 Å². The molecule has 2 rings (SSSR count). The fourth-order valence-corrected chi connectivity index (χ4v) is 2.91. The summed E-state index contributed by atoms with van der Waals surface area (Å²) in [6.07, 6.45) is 3.47. The number of rotatable bonds is 4. The third kappa shape index (κ3) is 2.15. The maximum Gasteiger partial charge on any atom is 0.203 e. The number of carbonyl (C=O) groups is 1. The summed E-state index contributed by atoms with van der Waals surface area (Å²) in [5.41, 5.74) is 2.56. The predicted molar refractivity (Wildman–Crippen MR) is 77.8 cm³/mol. The van der Waals surface area contributed by atoms with E-state index in [2.05, 4.69) is 13.8 Å². The first-order valence-corrected chi connectivity index (χ1v) is 6.47. The molecular formula is C16H20O4. The number of ether oxygens (including phenoxy) is 3. The maximum absolute atomic E-state index is 11.1. The molecule has 108 valence electrons. The van der Waals surface area contributed by atoms with Crippen LogP contribution in [0.1, 0.15) is 31.4 Å². The molecule has 1 aliphatic carbocycles. The number of methoxy groups -OCH3 is 3. The number of fused-ring (bicyclic) bond motifs is 1. The molecule has 0 aliphatic heterocycles. The molecule has 0 N–H and O–H groups in total. The lowest BCUT2D eigenvalue weighted by Crippen LogP contribution is -2.24. The van der Waals surface area contributed by atoms with E-state index in [1.165, 1.54) is 0 Å². The van der Waals surface area contributed by atoms with Gasteiger partial charge in [-0.2, -0.15) is 0 Å². The molecule has 0 fully saturated rings. The van der Waals surface area contributed by atoms with Crippen LogP contribution in [0.5, 0.6) is 17.2 Å². The fraction of sp³-hybridized carbons (Fsp3) is 0.438. The largest absolute Gasteiger partial charge is 0.493 e. The van der Waals surface area contributed by atoms with Gasteiger partial charge in [-0.3, -0.25) is 4.79 Å². The second-order valence-electron chi connectivity index (χ2n) is 5.51. The maximum atomic E-state index is 11.1. The van der Waals surface area contributed by atoms with Gasteiger partial charge < -0.3 is 14.2 Å². The van der Waals surface area contributed by atoms with E-state index in [1.807, 2.05) is 12.1 Å². The Morgan fingerprint density at radius 3 is 2.25 bits per heavy atom. The van der Waals surface area contributed by atoms with E-state index in [-0.39, 0.29) is 5.41 Å². The molecule has 1 aliphatic rings. The minimum Gasteiger partial charge on any atom is -0.493 e. The van der Waals surface area contributed by atoms with Gasteiger partial charge >= 0.3 is 0 Å². The molecule has 0 aromatic heterocycles. The van der Waals surface area contributed by atoms with Crippen molar-refractivity contribution in [1.82, 2.24) is 0 Å². The summed E-state index contributed by atoms with van der Waals surface area (Å²) in [6, 6.07) is 1.89. The molecule has 0 atom stereocenters. The number of hydrogen-bond acceptors (Lipinski definition) is 4. The zero-order valence-corrected chi connectivity index (χ0v) is 12.6. The number of aldehydes is 1. The lowest BCUT2D eigenvalue weighted by Gasteiger charge is -2.33. The van der Waals surface area contributed by atoms with Crippen LogP contribution < -0.4 is 14.2 Å². The van der Waals surface area contributed by atoms with Crippen molar-refractivity contribution < 1.29 is 19.0 Å². The van der Waals surface area contributed by atoms with Gasteiger partial charge in [0.1, 0.15) is 6.29 Å². The van der Waals surface area contributed by atoms with Crippen molar-refractivity contribution in [2.45, 2.75) is 25.7 Å². The summed E-state index contributed by atoms with van der Waals surface area (Å²) in [5, 5.41) is 0. The highest BCUT2D eigenvalue weighted by Crippen LogP contribution is 2.50. The first-order valence-electron chi connectivity index (χ1n) is 6.47. The topological polar surface area (TPSA) is 44.8 Å². The first kappa shape index (κ1) is 14.4. The van der Waals surface area contributed by atoms with E-state index in [0.717, 1.165) is 23.0 Å². The molecule has 1 aromatic rings. The smallest absolute Gasteiger partial charge is 0.203 e. The second-order valence-corrected chi connectivity index (χ2v) is 5.51. The molecule has 4 heteroatoms. The van der Waals surface area contributed by atoms with Crippen molar-refractivity contribution in [2.75, 3.05) is 21.3 Å². The normalized spacial score (nSPS) is 15.9. The number of allylic oxidation sites excluding steroid dienone is 1. The molecule has 20 heavy (non-hydrogen) atoms. The van der Waals surface area contributed by atoms with Crippen molar-refractivity contribution in [3.8, 4) is 17.2 Å². The Balaban J connectivity index is 2.81. The molecule has 0 saturated heterocycles. The van der Waals surface area contributed by atoms with Gasteiger partial charge in [0, 0.05) is 5.56 Å². The molecule has 0 unspecified atom stereocenters. The molecule has 0 heterocycles. The van der Waals surface area contributed by atoms with Gasteiger partial charge in [-0.1, -0.05) is 13.8 Å². The van der Waals surface area contributed by atoms with E-state index >= 15 is 0 Å². The van der Waals surface area contributed by atoms with Gasteiger partial charge in [-0.05, 0) is 35.1 Å².